The zero-order valence-electron chi connectivity index (χ0n) is 20.6. The van der Waals surface area contributed by atoms with Gasteiger partial charge in [-0.2, -0.15) is 0 Å². The van der Waals surface area contributed by atoms with E-state index in [4.69, 9.17) is 16.6 Å². The predicted molar refractivity (Wildman–Crippen MR) is 141 cm³/mol. The van der Waals surface area contributed by atoms with Crippen LogP contribution in [0.25, 0.3) is 11.0 Å². The summed E-state index contributed by atoms with van der Waals surface area (Å²) in [6, 6.07) is 15.9. The van der Waals surface area contributed by atoms with E-state index in [0.717, 1.165) is 5.56 Å². The second-order valence-electron chi connectivity index (χ2n) is 8.81. The normalized spacial score (nSPS) is 12.1. The average Bonchev–Trinajstić information content (AvgIpc) is 2.88. The Labute approximate surface area is 215 Å². The Morgan fingerprint density at radius 1 is 1.00 bits per heavy atom. The first-order chi connectivity index (χ1) is 17.4. The summed E-state index contributed by atoms with van der Waals surface area (Å²) in [5.41, 5.74) is 1.54. The molecule has 1 atom stereocenters. The maximum Gasteiger partial charge on any atom is 0.263 e. The lowest BCUT2D eigenvalue weighted by atomic mass is 10.1. The van der Waals surface area contributed by atoms with Crippen LogP contribution in [-0.2, 0) is 6.54 Å². The number of benzene rings is 1. The summed E-state index contributed by atoms with van der Waals surface area (Å²) < 4.78 is 1.66. The summed E-state index contributed by atoms with van der Waals surface area (Å²) in [4.78, 5) is 44.5. The number of pyridine rings is 2. The van der Waals surface area contributed by atoms with E-state index >= 15 is 0 Å². The zero-order chi connectivity index (χ0) is 25.7. The van der Waals surface area contributed by atoms with E-state index < -0.39 is 6.04 Å². The lowest BCUT2D eigenvalue weighted by Crippen LogP contribution is -2.42. The molecule has 36 heavy (non-hydrogen) atoms. The van der Waals surface area contributed by atoms with Gasteiger partial charge in [0.15, 0.2) is 5.65 Å². The molecule has 9 heteroatoms. The van der Waals surface area contributed by atoms with E-state index in [0.29, 0.717) is 42.8 Å². The van der Waals surface area contributed by atoms with Crippen molar-refractivity contribution in [2.24, 2.45) is 0 Å². The van der Waals surface area contributed by atoms with Gasteiger partial charge in [-0.25, -0.2) is 9.97 Å². The molecule has 0 aliphatic carbocycles. The number of fused-ring (bicyclic) bond motifs is 1. The molecule has 8 nitrogen and oxygen atoms in total. The second-order valence-corrected chi connectivity index (χ2v) is 9.20. The van der Waals surface area contributed by atoms with Gasteiger partial charge in [0.2, 0.25) is 0 Å². The van der Waals surface area contributed by atoms with Gasteiger partial charge in [0.1, 0.15) is 11.0 Å². The maximum absolute atomic E-state index is 13.7. The van der Waals surface area contributed by atoms with Gasteiger partial charge in [-0.05, 0) is 50.3 Å². The molecule has 1 aromatic carbocycles. The molecule has 1 amide bonds. The van der Waals surface area contributed by atoms with Crippen LogP contribution in [0, 0.1) is 0 Å². The molecule has 4 rings (SSSR count). The third-order valence-corrected chi connectivity index (χ3v) is 6.24. The number of hydrogen-bond donors (Lipinski definition) is 0. The number of carbonyl (C=O) groups excluding carboxylic acids is 1. The van der Waals surface area contributed by atoms with Crippen LogP contribution in [0.15, 0.2) is 71.8 Å². The molecule has 4 aromatic rings. The molecule has 0 bridgehead atoms. The molecular formula is C27H29ClN6O2. The van der Waals surface area contributed by atoms with Gasteiger partial charge in [-0.1, -0.05) is 48.9 Å². The van der Waals surface area contributed by atoms with Crippen molar-refractivity contribution in [1.82, 2.24) is 29.3 Å². The summed E-state index contributed by atoms with van der Waals surface area (Å²) in [6.45, 7) is 3.41. The topological polar surface area (TPSA) is 84.2 Å². The summed E-state index contributed by atoms with van der Waals surface area (Å²) in [7, 11) is 3.92. The highest BCUT2D eigenvalue weighted by atomic mass is 35.5. The molecule has 186 valence electrons. The Morgan fingerprint density at radius 3 is 2.39 bits per heavy atom. The highest BCUT2D eigenvalue weighted by Gasteiger charge is 2.29. The number of likely N-dealkylation sites (N-methyl/N-ethyl adjacent to an activating group) is 1. The highest BCUT2D eigenvalue weighted by Crippen LogP contribution is 2.26. The number of hydrogen-bond acceptors (Lipinski definition) is 6. The van der Waals surface area contributed by atoms with Crippen molar-refractivity contribution in [2.75, 3.05) is 27.2 Å². The van der Waals surface area contributed by atoms with Crippen LogP contribution in [0.3, 0.4) is 0 Å². The minimum absolute atomic E-state index is 0.147. The fourth-order valence-electron chi connectivity index (χ4n) is 4.18. The molecule has 1 unspecified atom stereocenters. The van der Waals surface area contributed by atoms with Crippen LogP contribution < -0.4 is 5.56 Å². The minimum atomic E-state index is -0.466. The molecular weight excluding hydrogens is 476 g/mol. The lowest BCUT2D eigenvalue weighted by molar-refractivity contribution is 0.0642. The van der Waals surface area contributed by atoms with E-state index in [1.807, 2.05) is 56.3 Å². The van der Waals surface area contributed by atoms with Gasteiger partial charge >= 0.3 is 0 Å². The Kier molecular flexibility index (Phi) is 8.07. The van der Waals surface area contributed by atoms with Crippen LogP contribution in [0.5, 0.6) is 0 Å². The third kappa shape index (κ3) is 5.61. The quantitative estimate of drug-likeness (QED) is 0.320. The van der Waals surface area contributed by atoms with Gasteiger partial charge < -0.3 is 9.80 Å². The van der Waals surface area contributed by atoms with Crippen molar-refractivity contribution < 1.29 is 4.79 Å². The first-order valence-corrected chi connectivity index (χ1v) is 12.2. The van der Waals surface area contributed by atoms with Crippen LogP contribution in [0.2, 0.25) is 5.15 Å². The van der Waals surface area contributed by atoms with E-state index in [1.54, 1.807) is 46.1 Å². The minimum Gasteiger partial charge on any atom is -0.327 e. The predicted octanol–water partition coefficient (Wildman–Crippen LogP) is 4.04. The Morgan fingerprint density at radius 2 is 1.72 bits per heavy atom. The summed E-state index contributed by atoms with van der Waals surface area (Å²) >= 11 is 6.15. The third-order valence-electron chi connectivity index (χ3n) is 6.03. The molecule has 0 aliphatic rings. The molecule has 3 heterocycles. The Hall–Kier alpha value is -3.62. The van der Waals surface area contributed by atoms with Crippen molar-refractivity contribution in [3.63, 3.8) is 0 Å². The van der Waals surface area contributed by atoms with E-state index in [2.05, 4.69) is 9.97 Å². The van der Waals surface area contributed by atoms with Gasteiger partial charge in [0.25, 0.3) is 11.5 Å². The molecule has 3 aromatic heterocycles. The molecule has 0 radical (unpaired) electrons. The SMILES string of the molecule is CCC(c1nc2nc(Cl)ccc2c(=O)n1Cc1ccccc1)N(CCN(C)C)C(=O)c1ccncc1. The van der Waals surface area contributed by atoms with Gasteiger partial charge in [-0.3, -0.25) is 19.1 Å². The van der Waals surface area contributed by atoms with E-state index in [-0.39, 0.29) is 22.3 Å². The smallest absolute Gasteiger partial charge is 0.263 e. The second kappa shape index (κ2) is 11.4. The van der Waals surface area contributed by atoms with Crippen molar-refractivity contribution >= 4 is 28.5 Å². The standard InChI is InChI=1S/C27H29ClN6O2/c1-4-22(33(17-16-32(2)3)26(35)20-12-14-29-15-13-20)25-31-24-21(10-11-23(28)30-24)27(36)34(25)18-19-8-6-5-7-9-19/h5-15,22H,4,16-18H2,1-3H3. The van der Waals surface area contributed by atoms with Crippen molar-refractivity contribution in [3.05, 3.63) is 99.4 Å². The highest BCUT2D eigenvalue weighted by molar-refractivity contribution is 6.29. The van der Waals surface area contributed by atoms with Gasteiger partial charge in [0.05, 0.1) is 18.0 Å². The molecule has 0 saturated heterocycles. The Bertz CT molecular complexity index is 1390. The van der Waals surface area contributed by atoms with Crippen molar-refractivity contribution in [2.45, 2.75) is 25.9 Å². The number of rotatable bonds is 9. The maximum atomic E-state index is 13.7. The van der Waals surface area contributed by atoms with Crippen LogP contribution in [0.4, 0.5) is 0 Å². The van der Waals surface area contributed by atoms with Crippen molar-refractivity contribution in [3.8, 4) is 0 Å². The fourth-order valence-corrected chi connectivity index (χ4v) is 4.32. The molecule has 0 N–H and O–H groups in total. The summed E-state index contributed by atoms with van der Waals surface area (Å²) in [6.07, 6.45) is 3.76. The monoisotopic (exact) mass is 504 g/mol. The molecule has 0 spiro atoms. The summed E-state index contributed by atoms with van der Waals surface area (Å²) in [5, 5.41) is 0.640. The zero-order valence-corrected chi connectivity index (χ0v) is 21.4. The number of carbonyl (C=O) groups is 1. The van der Waals surface area contributed by atoms with Crippen LogP contribution in [-0.4, -0.2) is 62.4 Å². The largest absolute Gasteiger partial charge is 0.327 e. The van der Waals surface area contributed by atoms with Crippen molar-refractivity contribution in [1.29, 1.82) is 0 Å². The molecule has 0 saturated carbocycles. The van der Waals surface area contributed by atoms with E-state index in [1.165, 1.54) is 0 Å². The van der Waals surface area contributed by atoms with Gasteiger partial charge in [-0.15, -0.1) is 0 Å². The molecule has 0 fully saturated rings. The summed E-state index contributed by atoms with van der Waals surface area (Å²) in [5.74, 6) is 0.334. The van der Waals surface area contributed by atoms with Crippen LogP contribution in [0.1, 0.15) is 41.1 Å². The fraction of sp³-hybridized carbons (Fsp3) is 0.296. The van der Waals surface area contributed by atoms with Gasteiger partial charge in [0, 0.05) is 31.0 Å². The molecule has 0 aliphatic heterocycles. The first kappa shape index (κ1) is 25.5. The number of amides is 1. The first-order valence-electron chi connectivity index (χ1n) is 11.9. The average molecular weight is 505 g/mol. The lowest BCUT2D eigenvalue weighted by Gasteiger charge is -2.33. The number of aromatic nitrogens is 4. The number of nitrogens with zero attached hydrogens (tertiary/aromatic N) is 6. The van der Waals surface area contributed by atoms with Crippen LogP contribution >= 0.6 is 11.6 Å². The van der Waals surface area contributed by atoms with E-state index in [9.17, 15) is 9.59 Å². The number of halogens is 1. The Balaban J connectivity index is 1.89.